The third-order valence-electron chi connectivity index (χ3n) is 9.29. The van der Waals surface area contributed by atoms with Crippen LogP contribution in [0.1, 0.15) is 0 Å². The van der Waals surface area contributed by atoms with Gasteiger partial charge < -0.3 is 4.42 Å². The molecule has 4 heteroatoms. The lowest BCUT2D eigenvalue weighted by Gasteiger charge is -2.05. The minimum absolute atomic E-state index is 0.917. The normalized spacial score (nSPS) is 12.7. The van der Waals surface area contributed by atoms with Gasteiger partial charge in [-0.25, -0.2) is 4.98 Å². The molecule has 3 nitrogen and oxygen atoms in total. The van der Waals surface area contributed by atoms with Crippen LogP contribution < -0.4 is 0 Å². The molecule has 0 amide bonds. The van der Waals surface area contributed by atoms with Gasteiger partial charge in [-0.1, -0.05) is 72.8 Å². The molecule has 0 saturated carbocycles. The van der Waals surface area contributed by atoms with Crippen molar-refractivity contribution in [2.24, 2.45) is 0 Å². The van der Waals surface area contributed by atoms with Crippen molar-refractivity contribution in [3.63, 3.8) is 0 Å². The van der Waals surface area contributed by atoms with Crippen LogP contribution in [-0.2, 0) is 0 Å². The fourth-order valence-corrected chi connectivity index (χ4v) is 8.55. The molecule has 198 valence electrons. The molecule has 0 aliphatic heterocycles. The molecule has 43 heavy (non-hydrogen) atoms. The molecule has 0 aliphatic carbocycles. The molecule has 0 N–H and O–H groups in total. The number of benzene rings is 6. The number of furan rings is 1. The first-order valence-electron chi connectivity index (χ1n) is 14.5. The summed E-state index contributed by atoms with van der Waals surface area (Å²) in [5, 5.41) is 10.9. The monoisotopic (exact) mass is 564 g/mol. The van der Waals surface area contributed by atoms with Gasteiger partial charge in [0, 0.05) is 57.9 Å². The highest BCUT2D eigenvalue weighted by molar-refractivity contribution is 7.25. The van der Waals surface area contributed by atoms with E-state index in [4.69, 9.17) is 9.40 Å². The topological polar surface area (TPSA) is 30.4 Å². The SMILES string of the molecule is c1ccc2nc3c(cc2c1)c1cc2oc4ccccc4c2c2c4cc(-c5ccc6c(c5)sc5ccccc56)ccc4n3c12. The first-order valence-corrected chi connectivity index (χ1v) is 15.4. The van der Waals surface area contributed by atoms with Crippen molar-refractivity contribution in [2.45, 2.75) is 0 Å². The number of rotatable bonds is 1. The average Bonchev–Trinajstić information content (AvgIpc) is 3.78. The summed E-state index contributed by atoms with van der Waals surface area (Å²) in [6, 6.07) is 43.8. The highest BCUT2D eigenvalue weighted by Gasteiger charge is 2.24. The van der Waals surface area contributed by atoms with Gasteiger partial charge in [-0.3, -0.25) is 4.40 Å². The number of nitrogens with zero attached hydrogens (tertiary/aromatic N) is 2. The first kappa shape index (κ1) is 22.2. The number of hydrogen-bond donors (Lipinski definition) is 0. The zero-order chi connectivity index (χ0) is 27.8. The van der Waals surface area contributed by atoms with E-state index < -0.39 is 0 Å². The van der Waals surface area contributed by atoms with Crippen molar-refractivity contribution in [1.29, 1.82) is 0 Å². The lowest BCUT2D eigenvalue weighted by molar-refractivity contribution is 0.669. The molecular formula is C39H20N2OS. The zero-order valence-corrected chi connectivity index (χ0v) is 23.6. The van der Waals surface area contributed by atoms with Crippen LogP contribution in [0.2, 0.25) is 0 Å². The number of fused-ring (bicyclic) bond motifs is 14. The van der Waals surface area contributed by atoms with Crippen LogP contribution in [0, 0.1) is 0 Å². The van der Waals surface area contributed by atoms with Crippen LogP contribution in [0.15, 0.2) is 126 Å². The van der Waals surface area contributed by atoms with Crippen LogP contribution in [-0.4, -0.2) is 9.38 Å². The lowest BCUT2D eigenvalue weighted by atomic mass is 9.98. The number of thiophene rings is 1. The predicted octanol–water partition coefficient (Wildman–Crippen LogP) is 11.3. The first-order chi connectivity index (χ1) is 21.3. The Kier molecular flexibility index (Phi) is 3.96. The zero-order valence-electron chi connectivity index (χ0n) is 22.8. The minimum atomic E-state index is 0.917. The Balaban J connectivity index is 1.30. The van der Waals surface area contributed by atoms with Gasteiger partial charge in [0.1, 0.15) is 16.8 Å². The second-order valence-electron chi connectivity index (χ2n) is 11.5. The summed E-state index contributed by atoms with van der Waals surface area (Å²) in [6.07, 6.45) is 0. The average molecular weight is 565 g/mol. The summed E-state index contributed by atoms with van der Waals surface area (Å²) in [4.78, 5) is 5.22. The van der Waals surface area contributed by atoms with Crippen molar-refractivity contribution in [1.82, 2.24) is 9.38 Å². The van der Waals surface area contributed by atoms with E-state index in [9.17, 15) is 0 Å². The summed E-state index contributed by atoms with van der Waals surface area (Å²) < 4.78 is 11.5. The summed E-state index contributed by atoms with van der Waals surface area (Å²) in [7, 11) is 0. The predicted molar refractivity (Wildman–Crippen MR) is 182 cm³/mol. The van der Waals surface area contributed by atoms with Gasteiger partial charge >= 0.3 is 0 Å². The molecule has 0 spiro atoms. The smallest absolute Gasteiger partial charge is 0.146 e. The highest BCUT2D eigenvalue weighted by Crippen LogP contribution is 2.47. The van der Waals surface area contributed by atoms with Crippen LogP contribution >= 0.6 is 11.3 Å². The van der Waals surface area contributed by atoms with Crippen molar-refractivity contribution < 1.29 is 4.42 Å². The summed E-state index contributed by atoms with van der Waals surface area (Å²) in [5.74, 6) is 0. The van der Waals surface area contributed by atoms with Crippen molar-refractivity contribution >= 4 is 103 Å². The second kappa shape index (κ2) is 7.68. The summed E-state index contributed by atoms with van der Waals surface area (Å²) in [5.41, 5.74) is 8.65. The molecule has 0 aliphatic rings. The number of hydrogen-bond acceptors (Lipinski definition) is 3. The van der Waals surface area contributed by atoms with E-state index in [1.165, 1.54) is 63.9 Å². The molecule has 11 rings (SSSR count). The maximum absolute atomic E-state index is 6.51. The maximum atomic E-state index is 6.51. The number of para-hydroxylation sites is 2. The van der Waals surface area contributed by atoms with Crippen molar-refractivity contribution in [3.05, 3.63) is 121 Å². The Labute approximate surface area is 248 Å². The Hall–Kier alpha value is -5.45. The highest BCUT2D eigenvalue weighted by atomic mass is 32.1. The third-order valence-corrected chi connectivity index (χ3v) is 10.4. The van der Waals surface area contributed by atoms with Gasteiger partial charge in [-0.2, -0.15) is 0 Å². The van der Waals surface area contributed by atoms with Gasteiger partial charge in [-0.05, 0) is 59.7 Å². The molecule has 5 heterocycles. The largest absolute Gasteiger partial charge is 0.456 e. The van der Waals surface area contributed by atoms with E-state index in [1.807, 2.05) is 17.4 Å². The van der Waals surface area contributed by atoms with Gasteiger partial charge in [0.05, 0.1) is 16.6 Å². The fraction of sp³-hybridized carbons (Fsp3) is 0. The molecule has 0 atom stereocenters. The Morgan fingerprint density at radius 2 is 1.33 bits per heavy atom. The summed E-state index contributed by atoms with van der Waals surface area (Å²) >= 11 is 1.86. The van der Waals surface area contributed by atoms with Gasteiger partial charge in [0.25, 0.3) is 0 Å². The van der Waals surface area contributed by atoms with Crippen LogP contribution in [0.5, 0.6) is 0 Å². The Bertz CT molecular complexity index is 2960. The molecular weight excluding hydrogens is 545 g/mol. The van der Waals surface area contributed by atoms with Crippen LogP contribution in [0.3, 0.4) is 0 Å². The lowest BCUT2D eigenvalue weighted by Crippen LogP contribution is -1.86. The van der Waals surface area contributed by atoms with E-state index in [2.05, 4.69) is 120 Å². The molecule has 6 aromatic carbocycles. The molecule has 0 fully saturated rings. The molecule has 0 bridgehead atoms. The quantitative estimate of drug-likeness (QED) is 0.198. The molecule has 11 aromatic rings. The van der Waals surface area contributed by atoms with E-state index in [1.54, 1.807) is 0 Å². The molecule has 0 saturated heterocycles. The molecule has 0 radical (unpaired) electrons. The van der Waals surface area contributed by atoms with Crippen LogP contribution in [0.25, 0.3) is 102 Å². The van der Waals surface area contributed by atoms with E-state index in [0.29, 0.717) is 0 Å². The third kappa shape index (κ3) is 2.77. The molecule has 5 aromatic heterocycles. The standard InChI is InChI=1S/C39H20N2OS/c1-4-10-30-23(7-1)18-28-27-20-33-36(26-9-2-5-11-32(26)42-33)37-29-17-21(14-16-31(29)41(38(27)37)39(28)40-30)22-13-15-25-24-8-3-6-12-34(24)43-35(25)19-22/h1-20H. The van der Waals surface area contributed by atoms with Gasteiger partial charge in [0.2, 0.25) is 0 Å². The fourth-order valence-electron chi connectivity index (χ4n) is 7.41. The Morgan fingerprint density at radius 3 is 2.30 bits per heavy atom. The summed E-state index contributed by atoms with van der Waals surface area (Å²) in [6.45, 7) is 0. The van der Waals surface area contributed by atoms with E-state index >= 15 is 0 Å². The van der Waals surface area contributed by atoms with Gasteiger partial charge in [-0.15, -0.1) is 11.3 Å². The van der Waals surface area contributed by atoms with Gasteiger partial charge in [0.15, 0.2) is 0 Å². The van der Waals surface area contributed by atoms with Crippen molar-refractivity contribution in [3.8, 4) is 11.1 Å². The van der Waals surface area contributed by atoms with Crippen molar-refractivity contribution in [2.75, 3.05) is 0 Å². The minimum Gasteiger partial charge on any atom is -0.456 e. The number of aromatic nitrogens is 2. The molecule has 0 unspecified atom stereocenters. The van der Waals surface area contributed by atoms with E-state index in [-0.39, 0.29) is 0 Å². The van der Waals surface area contributed by atoms with E-state index in [0.717, 1.165) is 38.5 Å². The van der Waals surface area contributed by atoms with Crippen LogP contribution in [0.4, 0.5) is 0 Å². The number of pyridine rings is 1. The Morgan fingerprint density at radius 1 is 0.535 bits per heavy atom. The maximum Gasteiger partial charge on any atom is 0.146 e. The second-order valence-corrected chi connectivity index (χ2v) is 12.6.